The molecule has 1 aliphatic rings. The summed E-state index contributed by atoms with van der Waals surface area (Å²) in [6.07, 6.45) is 2.02. The van der Waals surface area contributed by atoms with E-state index in [1.807, 2.05) is 67.8 Å². The molecule has 4 nitrogen and oxygen atoms in total. The van der Waals surface area contributed by atoms with Gasteiger partial charge in [-0.1, -0.05) is 36.4 Å². The average molecular weight is 413 g/mol. The Morgan fingerprint density at radius 1 is 0.933 bits per heavy atom. The fraction of sp³-hybridized carbons (Fsp3) is 0.120. The number of thioether (sulfide) groups is 1. The molecule has 3 aromatic carbocycles. The number of para-hydroxylation sites is 1. The van der Waals surface area contributed by atoms with Crippen molar-refractivity contribution in [1.29, 1.82) is 0 Å². The molecule has 1 aromatic heterocycles. The highest BCUT2D eigenvalue weighted by molar-refractivity contribution is 7.98. The third kappa shape index (κ3) is 2.85. The molecule has 148 valence electrons. The summed E-state index contributed by atoms with van der Waals surface area (Å²) in [6.45, 7) is 1.98. The Labute approximate surface area is 178 Å². The van der Waals surface area contributed by atoms with E-state index in [1.54, 1.807) is 34.9 Å². The van der Waals surface area contributed by atoms with E-state index < -0.39 is 6.04 Å². The summed E-state index contributed by atoms with van der Waals surface area (Å²) in [7, 11) is 0. The highest BCUT2D eigenvalue weighted by atomic mass is 32.2. The van der Waals surface area contributed by atoms with Crippen LogP contribution in [0.25, 0.3) is 11.0 Å². The van der Waals surface area contributed by atoms with Gasteiger partial charge in [-0.05, 0) is 60.7 Å². The monoisotopic (exact) mass is 413 g/mol. The predicted octanol–water partition coefficient (Wildman–Crippen LogP) is 5.57. The Kier molecular flexibility index (Phi) is 4.48. The lowest BCUT2D eigenvalue weighted by molar-refractivity contribution is 0.0971. The van der Waals surface area contributed by atoms with Gasteiger partial charge in [0.05, 0.1) is 17.0 Å². The predicted molar refractivity (Wildman–Crippen MR) is 121 cm³/mol. The van der Waals surface area contributed by atoms with Gasteiger partial charge >= 0.3 is 0 Å². The summed E-state index contributed by atoms with van der Waals surface area (Å²) in [5, 5.41) is 0.487. The number of nitrogens with zero attached hydrogens (tertiary/aromatic N) is 1. The minimum atomic E-state index is -0.536. The molecule has 5 heteroatoms. The third-order valence-electron chi connectivity index (χ3n) is 5.49. The number of carbonyl (C=O) groups is 1. The number of anilines is 1. The molecule has 0 saturated carbocycles. The first-order valence-electron chi connectivity index (χ1n) is 9.68. The van der Waals surface area contributed by atoms with Crippen molar-refractivity contribution in [2.75, 3.05) is 11.2 Å². The maximum Gasteiger partial charge on any atom is 0.295 e. The summed E-state index contributed by atoms with van der Waals surface area (Å²) in [6, 6.07) is 22.3. The highest BCUT2D eigenvalue weighted by Crippen LogP contribution is 2.41. The summed E-state index contributed by atoms with van der Waals surface area (Å²) >= 11 is 1.65. The maximum atomic E-state index is 13.5. The van der Waals surface area contributed by atoms with Crippen LogP contribution in [0.1, 0.15) is 33.3 Å². The van der Waals surface area contributed by atoms with Crippen molar-refractivity contribution < 1.29 is 9.21 Å². The van der Waals surface area contributed by atoms with Crippen LogP contribution < -0.4 is 10.3 Å². The molecule has 0 N–H and O–H groups in total. The Morgan fingerprint density at radius 2 is 1.70 bits per heavy atom. The fourth-order valence-electron chi connectivity index (χ4n) is 4.07. The highest BCUT2D eigenvalue weighted by Gasteiger charge is 2.43. The molecular formula is C25H19NO3S. The van der Waals surface area contributed by atoms with Crippen molar-refractivity contribution in [2.45, 2.75) is 17.9 Å². The van der Waals surface area contributed by atoms with Gasteiger partial charge in [0.15, 0.2) is 5.43 Å². The van der Waals surface area contributed by atoms with Gasteiger partial charge in [0.2, 0.25) is 5.76 Å². The second-order valence-corrected chi connectivity index (χ2v) is 8.24. The smallest absolute Gasteiger partial charge is 0.295 e. The molecule has 1 aliphatic heterocycles. The zero-order chi connectivity index (χ0) is 20.8. The van der Waals surface area contributed by atoms with Crippen LogP contribution in [0, 0.1) is 6.92 Å². The van der Waals surface area contributed by atoms with Crippen LogP contribution >= 0.6 is 11.8 Å². The lowest BCUT2D eigenvalue weighted by atomic mass is 9.98. The van der Waals surface area contributed by atoms with Gasteiger partial charge in [-0.3, -0.25) is 14.5 Å². The van der Waals surface area contributed by atoms with Crippen LogP contribution in [-0.4, -0.2) is 12.2 Å². The molecule has 0 bridgehead atoms. The number of hydrogen-bond donors (Lipinski definition) is 0. The maximum absolute atomic E-state index is 13.5. The van der Waals surface area contributed by atoms with Crippen molar-refractivity contribution in [1.82, 2.24) is 0 Å². The van der Waals surface area contributed by atoms with Crippen molar-refractivity contribution in [3.63, 3.8) is 0 Å². The first-order chi connectivity index (χ1) is 14.6. The number of benzene rings is 3. The largest absolute Gasteiger partial charge is 0.450 e. The molecule has 5 rings (SSSR count). The third-order valence-corrected chi connectivity index (χ3v) is 6.23. The standard InChI is InChI=1S/C25H19NO3S/c1-15-6-5-7-17(14-15)26-22(16-10-12-18(30-2)13-11-16)21-23(27)19-8-3-4-9-20(19)29-24(21)25(26)28/h3-14,22H,1-2H3. The number of carbonyl (C=O) groups excluding carboxylic acids is 1. The van der Waals surface area contributed by atoms with Gasteiger partial charge in [0, 0.05) is 10.6 Å². The van der Waals surface area contributed by atoms with Gasteiger partial charge in [0.1, 0.15) is 5.58 Å². The quantitative estimate of drug-likeness (QED) is 0.412. The Hall–Kier alpha value is -3.31. The summed E-state index contributed by atoms with van der Waals surface area (Å²) in [5.41, 5.74) is 3.33. The zero-order valence-electron chi connectivity index (χ0n) is 16.6. The summed E-state index contributed by atoms with van der Waals surface area (Å²) in [5.74, 6) is -0.170. The molecule has 1 atom stereocenters. The molecule has 4 aromatic rings. The van der Waals surface area contributed by atoms with Gasteiger partial charge in [-0.15, -0.1) is 11.8 Å². The fourth-order valence-corrected chi connectivity index (χ4v) is 4.47. The first-order valence-corrected chi connectivity index (χ1v) is 10.9. The van der Waals surface area contributed by atoms with E-state index in [0.717, 1.165) is 21.7 Å². The van der Waals surface area contributed by atoms with Crippen molar-refractivity contribution >= 4 is 34.3 Å². The van der Waals surface area contributed by atoms with Gasteiger partial charge in [-0.25, -0.2) is 0 Å². The number of aryl methyl sites for hydroxylation is 1. The molecule has 0 fully saturated rings. The van der Waals surface area contributed by atoms with Crippen LogP contribution in [-0.2, 0) is 0 Å². The molecule has 2 heterocycles. The lowest BCUT2D eigenvalue weighted by Gasteiger charge is -2.25. The molecule has 1 amide bonds. The van der Waals surface area contributed by atoms with E-state index >= 15 is 0 Å². The minimum Gasteiger partial charge on any atom is -0.450 e. The van der Waals surface area contributed by atoms with E-state index in [0.29, 0.717) is 16.5 Å². The van der Waals surface area contributed by atoms with Crippen LogP contribution in [0.5, 0.6) is 0 Å². The Balaban J connectivity index is 1.80. The number of hydrogen-bond acceptors (Lipinski definition) is 4. The van der Waals surface area contributed by atoms with E-state index in [9.17, 15) is 9.59 Å². The van der Waals surface area contributed by atoms with E-state index in [2.05, 4.69) is 0 Å². The molecular weight excluding hydrogens is 394 g/mol. The molecule has 0 spiro atoms. The Morgan fingerprint density at radius 3 is 2.43 bits per heavy atom. The zero-order valence-corrected chi connectivity index (χ0v) is 17.4. The number of amides is 1. The molecule has 30 heavy (non-hydrogen) atoms. The van der Waals surface area contributed by atoms with Gasteiger partial charge < -0.3 is 4.42 Å². The van der Waals surface area contributed by atoms with Crippen molar-refractivity contribution in [2.24, 2.45) is 0 Å². The summed E-state index contributed by atoms with van der Waals surface area (Å²) < 4.78 is 5.98. The van der Waals surface area contributed by atoms with E-state index in [1.165, 1.54) is 0 Å². The molecule has 0 saturated heterocycles. The lowest BCUT2D eigenvalue weighted by Crippen LogP contribution is -2.29. The van der Waals surface area contributed by atoms with Gasteiger partial charge in [0.25, 0.3) is 5.91 Å². The van der Waals surface area contributed by atoms with E-state index in [4.69, 9.17) is 4.42 Å². The van der Waals surface area contributed by atoms with Crippen molar-refractivity contribution in [3.8, 4) is 0 Å². The normalized spacial score (nSPS) is 15.6. The van der Waals surface area contributed by atoms with Gasteiger partial charge in [-0.2, -0.15) is 0 Å². The second-order valence-electron chi connectivity index (χ2n) is 7.36. The Bertz CT molecular complexity index is 1340. The average Bonchev–Trinajstić information content (AvgIpc) is 3.06. The first kappa shape index (κ1) is 18.7. The summed E-state index contributed by atoms with van der Waals surface area (Å²) in [4.78, 5) is 29.8. The topological polar surface area (TPSA) is 50.5 Å². The number of rotatable bonds is 3. The van der Waals surface area contributed by atoms with Crippen LogP contribution in [0.3, 0.4) is 0 Å². The number of fused-ring (bicyclic) bond motifs is 2. The SMILES string of the molecule is CSc1ccc(C2c3c(oc4ccccc4c3=O)C(=O)N2c2cccc(C)c2)cc1. The van der Waals surface area contributed by atoms with Crippen LogP contribution in [0.4, 0.5) is 5.69 Å². The van der Waals surface area contributed by atoms with E-state index in [-0.39, 0.29) is 17.1 Å². The van der Waals surface area contributed by atoms with Crippen LogP contribution in [0.2, 0.25) is 0 Å². The molecule has 1 unspecified atom stereocenters. The second kappa shape index (κ2) is 7.18. The minimum absolute atomic E-state index is 0.124. The van der Waals surface area contributed by atoms with Crippen LogP contribution in [0.15, 0.2) is 86.9 Å². The molecule has 0 radical (unpaired) electrons. The van der Waals surface area contributed by atoms with Crippen molar-refractivity contribution in [3.05, 3.63) is 105 Å². The molecule has 0 aliphatic carbocycles.